The first-order valence-electron chi connectivity index (χ1n) is 18.9. The van der Waals surface area contributed by atoms with Crippen molar-refractivity contribution in [1.29, 1.82) is 0 Å². The number of furan rings is 1. The maximum atomic E-state index is 6.26. The Bertz CT molecular complexity index is 3540. The van der Waals surface area contributed by atoms with Gasteiger partial charge in [-0.15, -0.1) is 22.7 Å². The number of aromatic nitrogens is 3. The molecular formula is C51H29N3OS2. The van der Waals surface area contributed by atoms with E-state index in [1.807, 2.05) is 77.3 Å². The van der Waals surface area contributed by atoms with Gasteiger partial charge in [0, 0.05) is 73.4 Å². The second-order valence-electron chi connectivity index (χ2n) is 14.3. The van der Waals surface area contributed by atoms with Crippen molar-refractivity contribution in [1.82, 2.24) is 15.0 Å². The van der Waals surface area contributed by atoms with Gasteiger partial charge in [-0.2, -0.15) is 0 Å². The number of fused-ring (bicyclic) bond motifs is 9. The molecule has 0 saturated carbocycles. The molecule has 0 fully saturated rings. The number of rotatable bonds is 5. The van der Waals surface area contributed by atoms with E-state index in [9.17, 15) is 0 Å². The van der Waals surface area contributed by atoms with Crippen LogP contribution in [0.25, 0.3) is 119 Å². The van der Waals surface area contributed by atoms with Crippen molar-refractivity contribution in [2.24, 2.45) is 0 Å². The maximum Gasteiger partial charge on any atom is 0.164 e. The van der Waals surface area contributed by atoms with Crippen molar-refractivity contribution in [3.63, 3.8) is 0 Å². The molecule has 0 aliphatic heterocycles. The zero-order valence-electron chi connectivity index (χ0n) is 30.3. The van der Waals surface area contributed by atoms with Crippen LogP contribution in [0.15, 0.2) is 180 Å². The second kappa shape index (κ2) is 12.8. The van der Waals surface area contributed by atoms with E-state index >= 15 is 0 Å². The summed E-state index contributed by atoms with van der Waals surface area (Å²) in [6.07, 6.45) is 0. The van der Waals surface area contributed by atoms with Gasteiger partial charge in [-0.05, 0) is 53.1 Å². The van der Waals surface area contributed by atoms with Crippen molar-refractivity contribution >= 4 is 85.0 Å². The summed E-state index contributed by atoms with van der Waals surface area (Å²) in [5.74, 6) is 1.86. The van der Waals surface area contributed by atoms with E-state index in [4.69, 9.17) is 19.4 Å². The van der Waals surface area contributed by atoms with Gasteiger partial charge < -0.3 is 4.42 Å². The largest absolute Gasteiger partial charge is 0.456 e. The molecule has 0 unspecified atom stereocenters. The highest BCUT2D eigenvalue weighted by atomic mass is 32.1. The molecule has 4 aromatic heterocycles. The standard InChI is InChI=1S/C51H29N3OS2/c1-2-12-30(13-3-1)49-52-50(31-24-26-36-35-16-6-8-21-42(35)55-43(36)28-31)54-51(53-49)32-25-27-41-46(29-32)56-45-23-11-18-38(47(41)45)33-14-4-5-15-34(33)39-19-10-20-40-37-17-7-9-22-44(37)57-48(39)40/h1-29H. The molecule has 0 radical (unpaired) electrons. The average molecular weight is 764 g/mol. The topological polar surface area (TPSA) is 51.8 Å². The van der Waals surface area contributed by atoms with Gasteiger partial charge in [-0.25, -0.2) is 15.0 Å². The molecular weight excluding hydrogens is 735 g/mol. The Balaban J connectivity index is 1.01. The molecule has 8 aromatic carbocycles. The Hall–Kier alpha value is -6.99. The van der Waals surface area contributed by atoms with Crippen LogP contribution in [0, 0.1) is 0 Å². The third kappa shape index (κ3) is 5.22. The van der Waals surface area contributed by atoms with Gasteiger partial charge in [-0.3, -0.25) is 0 Å². The molecule has 0 N–H and O–H groups in total. The Morgan fingerprint density at radius 1 is 0.333 bits per heavy atom. The molecule has 12 rings (SSSR count). The fraction of sp³-hybridized carbons (Fsp3) is 0. The molecule has 4 nitrogen and oxygen atoms in total. The molecule has 0 amide bonds. The van der Waals surface area contributed by atoms with Crippen LogP contribution in [0.1, 0.15) is 0 Å². The van der Waals surface area contributed by atoms with E-state index in [0.717, 1.165) is 38.6 Å². The summed E-state index contributed by atoms with van der Waals surface area (Å²) in [6.45, 7) is 0. The third-order valence-corrected chi connectivity index (χ3v) is 13.3. The molecule has 0 spiro atoms. The summed E-state index contributed by atoms with van der Waals surface area (Å²) in [4.78, 5) is 15.2. The third-order valence-electron chi connectivity index (χ3n) is 11.0. The van der Waals surface area contributed by atoms with Crippen LogP contribution in [0.3, 0.4) is 0 Å². The Kier molecular flexibility index (Phi) is 7.24. The molecule has 57 heavy (non-hydrogen) atoms. The Morgan fingerprint density at radius 3 is 1.75 bits per heavy atom. The number of hydrogen-bond donors (Lipinski definition) is 0. The second-order valence-corrected chi connectivity index (χ2v) is 16.4. The lowest BCUT2D eigenvalue weighted by Gasteiger charge is -2.13. The molecule has 6 heteroatoms. The minimum absolute atomic E-state index is 0.602. The minimum atomic E-state index is 0.602. The van der Waals surface area contributed by atoms with Crippen LogP contribution in [0.2, 0.25) is 0 Å². The summed E-state index contributed by atoms with van der Waals surface area (Å²) < 4.78 is 11.3. The Morgan fingerprint density at radius 2 is 0.912 bits per heavy atom. The smallest absolute Gasteiger partial charge is 0.164 e. The molecule has 0 bridgehead atoms. The number of nitrogens with zero attached hydrogens (tertiary/aromatic N) is 3. The molecule has 12 aromatic rings. The van der Waals surface area contributed by atoms with Crippen molar-refractivity contribution < 1.29 is 4.42 Å². The highest BCUT2D eigenvalue weighted by Crippen LogP contribution is 2.46. The quantitative estimate of drug-likeness (QED) is 0.175. The molecule has 0 atom stereocenters. The monoisotopic (exact) mass is 763 g/mol. The van der Waals surface area contributed by atoms with Crippen molar-refractivity contribution in [3.8, 4) is 56.4 Å². The molecule has 0 aliphatic rings. The summed E-state index contributed by atoms with van der Waals surface area (Å²) >= 11 is 3.68. The summed E-state index contributed by atoms with van der Waals surface area (Å²) in [5.41, 5.74) is 9.39. The average Bonchev–Trinajstić information content (AvgIpc) is 3.97. The highest BCUT2D eigenvalue weighted by molar-refractivity contribution is 7.26. The van der Waals surface area contributed by atoms with E-state index in [1.54, 1.807) is 0 Å². The Labute approximate surface area is 335 Å². The van der Waals surface area contributed by atoms with Gasteiger partial charge in [0.05, 0.1) is 0 Å². The zero-order valence-corrected chi connectivity index (χ0v) is 31.9. The van der Waals surface area contributed by atoms with E-state index in [1.165, 1.54) is 62.6 Å². The van der Waals surface area contributed by atoms with Crippen LogP contribution in [0.5, 0.6) is 0 Å². The lowest BCUT2D eigenvalue weighted by Crippen LogP contribution is -2.00. The first-order valence-corrected chi connectivity index (χ1v) is 20.6. The fourth-order valence-electron chi connectivity index (χ4n) is 8.32. The number of para-hydroxylation sites is 1. The van der Waals surface area contributed by atoms with Crippen molar-refractivity contribution in [2.75, 3.05) is 0 Å². The summed E-state index contributed by atoms with van der Waals surface area (Å²) in [7, 11) is 0. The number of hydrogen-bond acceptors (Lipinski definition) is 6. The molecule has 0 aliphatic carbocycles. The van der Waals surface area contributed by atoms with Crippen LogP contribution in [-0.2, 0) is 0 Å². The summed E-state index contributed by atoms with van der Waals surface area (Å²) in [6, 6.07) is 62.1. The van der Waals surface area contributed by atoms with Gasteiger partial charge in [0.2, 0.25) is 0 Å². The van der Waals surface area contributed by atoms with Crippen LogP contribution >= 0.6 is 22.7 Å². The number of thiophene rings is 2. The van der Waals surface area contributed by atoms with E-state index in [0.29, 0.717) is 17.5 Å². The first kappa shape index (κ1) is 32.3. The van der Waals surface area contributed by atoms with Gasteiger partial charge in [0.25, 0.3) is 0 Å². The van der Waals surface area contributed by atoms with E-state index in [-0.39, 0.29) is 0 Å². The lowest BCUT2D eigenvalue weighted by molar-refractivity contribution is 0.669. The molecule has 266 valence electrons. The number of benzene rings is 8. The van der Waals surface area contributed by atoms with Gasteiger partial charge in [-0.1, -0.05) is 140 Å². The van der Waals surface area contributed by atoms with Crippen molar-refractivity contribution in [3.05, 3.63) is 176 Å². The fourth-order valence-corrected chi connectivity index (χ4v) is 10.7. The normalized spacial score (nSPS) is 11.9. The predicted octanol–water partition coefficient (Wildman–Crippen LogP) is 14.8. The van der Waals surface area contributed by atoms with Crippen molar-refractivity contribution in [2.45, 2.75) is 0 Å². The van der Waals surface area contributed by atoms with Gasteiger partial charge >= 0.3 is 0 Å². The van der Waals surface area contributed by atoms with E-state index < -0.39 is 0 Å². The maximum absolute atomic E-state index is 6.26. The lowest BCUT2D eigenvalue weighted by atomic mass is 9.91. The van der Waals surface area contributed by atoms with Crippen LogP contribution in [0.4, 0.5) is 0 Å². The zero-order chi connectivity index (χ0) is 37.5. The van der Waals surface area contributed by atoms with Crippen LogP contribution < -0.4 is 0 Å². The summed E-state index contributed by atoms with van der Waals surface area (Å²) in [5, 5.41) is 7.27. The minimum Gasteiger partial charge on any atom is -0.456 e. The highest BCUT2D eigenvalue weighted by Gasteiger charge is 2.19. The van der Waals surface area contributed by atoms with Gasteiger partial charge in [0.1, 0.15) is 11.2 Å². The predicted molar refractivity (Wildman–Crippen MR) is 240 cm³/mol. The SMILES string of the molecule is c1ccc(-c2nc(-c3ccc4c(c3)oc3ccccc34)nc(-c3ccc4c(c3)sc3cccc(-c5ccccc5-c5cccc6c5sc5ccccc56)c34)n2)cc1. The molecule has 4 heterocycles. The van der Waals surface area contributed by atoms with E-state index in [2.05, 4.69) is 121 Å². The molecule has 0 saturated heterocycles. The van der Waals surface area contributed by atoms with Gasteiger partial charge in [0.15, 0.2) is 17.5 Å². The van der Waals surface area contributed by atoms with Crippen LogP contribution in [-0.4, -0.2) is 15.0 Å². The first-order chi connectivity index (χ1) is 28.2.